The van der Waals surface area contributed by atoms with Gasteiger partial charge in [0.1, 0.15) is 0 Å². The molecule has 0 rings (SSSR count). The summed E-state index contributed by atoms with van der Waals surface area (Å²) < 4.78 is 33.9. The molecule has 0 bridgehead atoms. The van der Waals surface area contributed by atoms with Gasteiger partial charge in [0.15, 0.2) is 0 Å². The number of carbonyl (C=O) groups excluding carboxylic acids is 1. The number of phosphoric acid groups is 2. The third-order valence-electron chi connectivity index (χ3n) is 0.862. The predicted molar refractivity (Wildman–Crippen MR) is 48.7 cm³/mol. The van der Waals surface area contributed by atoms with E-state index >= 15 is 0 Å². The van der Waals surface area contributed by atoms with Gasteiger partial charge in [0.25, 0.3) is 0 Å². The Bertz CT molecular complexity index is 330. The van der Waals surface area contributed by atoms with Crippen molar-refractivity contribution >= 4 is 21.6 Å². The van der Waals surface area contributed by atoms with Crippen LogP contribution >= 0.6 is 15.6 Å². The third-order valence-corrected chi connectivity index (χ3v) is 3.49. The minimum absolute atomic E-state index is 0.221. The van der Waals surface area contributed by atoms with E-state index in [4.69, 9.17) is 9.79 Å². The molecule has 1 atom stereocenters. The summed E-state index contributed by atoms with van der Waals surface area (Å²) in [6.07, 6.45) is 0.648. The molecule has 1 unspecified atom stereocenters. The van der Waals surface area contributed by atoms with Crippen LogP contribution in [0.3, 0.4) is 0 Å². The summed E-state index contributed by atoms with van der Waals surface area (Å²) in [6, 6.07) is 0. The molecule has 0 aliphatic rings. The van der Waals surface area contributed by atoms with Crippen LogP contribution in [0.15, 0.2) is 12.7 Å². The Hall–Kier alpha value is -0.490. The number of rotatable bonds is 6. The highest BCUT2D eigenvalue weighted by molar-refractivity contribution is 7.61. The van der Waals surface area contributed by atoms with Gasteiger partial charge in [0.2, 0.25) is 0 Å². The van der Waals surface area contributed by atoms with Gasteiger partial charge in [-0.15, -0.1) is 0 Å². The Labute approximate surface area is 85.7 Å². The standard InChI is InChI=1S/C5H10O8P2/c1-3-5(6)12-15(10,11-4-2)13-14(7,8)9/h3H,1,4H2,2H3,(H2,7,8,9). The zero-order chi connectivity index (χ0) is 12.1. The molecule has 0 aromatic rings. The number of hydrogen-bond donors (Lipinski definition) is 2. The molecule has 8 nitrogen and oxygen atoms in total. The molecule has 10 heteroatoms. The SMILES string of the molecule is C=CC(=O)OP(=O)(OCC)OP(=O)(O)O. The van der Waals surface area contributed by atoms with E-state index in [2.05, 4.69) is 19.9 Å². The van der Waals surface area contributed by atoms with Crippen LogP contribution in [0.25, 0.3) is 0 Å². The molecular weight excluding hydrogens is 250 g/mol. The summed E-state index contributed by atoms with van der Waals surface area (Å²) in [4.78, 5) is 27.4. The van der Waals surface area contributed by atoms with E-state index in [-0.39, 0.29) is 6.61 Å². The molecule has 0 fully saturated rings. The van der Waals surface area contributed by atoms with E-state index in [1.54, 1.807) is 0 Å². The van der Waals surface area contributed by atoms with E-state index in [1.807, 2.05) is 0 Å². The number of carbonyl (C=O) groups is 1. The highest BCUT2D eigenvalue weighted by Gasteiger charge is 2.38. The lowest BCUT2D eigenvalue weighted by atomic mass is 10.7. The average molecular weight is 260 g/mol. The maximum Gasteiger partial charge on any atom is 0.541 e. The summed E-state index contributed by atoms with van der Waals surface area (Å²) >= 11 is 0. The summed E-state index contributed by atoms with van der Waals surface area (Å²) in [5.41, 5.74) is 0. The van der Waals surface area contributed by atoms with Crippen LogP contribution in [0, 0.1) is 0 Å². The Morgan fingerprint density at radius 3 is 2.33 bits per heavy atom. The zero-order valence-corrected chi connectivity index (χ0v) is 9.52. The van der Waals surface area contributed by atoms with Gasteiger partial charge in [-0.05, 0) is 6.92 Å². The predicted octanol–water partition coefficient (Wildman–Crippen LogP) is 0.969. The molecule has 15 heavy (non-hydrogen) atoms. The van der Waals surface area contributed by atoms with Crippen LogP contribution in [-0.2, 0) is 27.3 Å². The molecule has 0 heterocycles. The van der Waals surface area contributed by atoms with E-state index < -0.39 is 21.6 Å². The van der Waals surface area contributed by atoms with Crippen molar-refractivity contribution in [1.29, 1.82) is 0 Å². The van der Waals surface area contributed by atoms with Crippen molar-refractivity contribution in [3.63, 3.8) is 0 Å². The quantitative estimate of drug-likeness (QED) is 0.535. The summed E-state index contributed by atoms with van der Waals surface area (Å²) in [6.45, 7) is 4.15. The van der Waals surface area contributed by atoms with Crippen molar-refractivity contribution < 1.29 is 37.1 Å². The fraction of sp³-hybridized carbons (Fsp3) is 0.400. The lowest BCUT2D eigenvalue weighted by molar-refractivity contribution is -0.130. The normalized spacial score (nSPS) is 15.4. The summed E-state index contributed by atoms with van der Waals surface area (Å²) in [7, 11) is -9.68. The molecule has 0 amide bonds. The minimum Gasteiger partial charge on any atom is -0.367 e. The largest absolute Gasteiger partial charge is 0.541 e. The van der Waals surface area contributed by atoms with E-state index in [0.717, 1.165) is 0 Å². The Balaban J connectivity index is 4.74. The molecule has 0 aromatic carbocycles. The van der Waals surface area contributed by atoms with Crippen LogP contribution < -0.4 is 0 Å². The van der Waals surface area contributed by atoms with Crippen molar-refractivity contribution in [1.82, 2.24) is 0 Å². The van der Waals surface area contributed by atoms with Gasteiger partial charge in [-0.25, -0.2) is 13.9 Å². The second-order valence-corrected chi connectivity index (χ2v) is 5.02. The summed E-state index contributed by atoms with van der Waals surface area (Å²) in [5.74, 6) is -1.18. The number of phosphoric ester groups is 1. The molecule has 0 saturated carbocycles. The van der Waals surface area contributed by atoms with Crippen LogP contribution in [0.5, 0.6) is 0 Å². The Morgan fingerprint density at radius 1 is 1.47 bits per heavy atom. The topological polar surface area (TPSA) is 119 Å². The first-order valence-corrected chi connectivity index (χ1v) is 6.59. The second-order valence-electron chi connectivity index (χ2n) is 2.05. The molecule has 0 saturated heterocycles. The van der Waals surface area contributed by atoms with Crippen LogP contribution in [-0.4, -0.2) is 22.4 Å². The monoisotopic (exact) mass is 260 g/mol. The average Bonchev–Trinajstić information content (AvgIpc) is 2.00. The molecule has 0 radical (unpaired) electrons. The molecular formula is C5H10O8P2. The number of hydrogen-bond acceptors (Lipinski definition) is 6. The molecule has 0 spiro atoms. The molecule has 88 valence electrons. The van der Waals surface area contributed by atoms with Crippen LogP contribution in [0.2, 0.25) is 0 Å². The lowest BCUT2D eigenvalue weighted by Gasteiger charge is -2.15. The maximum absolute atomic E-state index is 11.4. The minimum atomic E-state index is -5.08. The van der Waals surface area contributed by atoms with Gasteiger partial charge in [-0.2, -0.15) is 4.31 Å². The third kappa shape index (κ3) is 6.57. The summed E-state index contributed by atoms with van der Waals surface area (Å²) in [5, 5.41) is 0. The highest BCUT2D eigenvalue weighted by Crippen LogP contribution is 2.61. The van der Waals surface area contributed by atoms with Gasteiger partial charge >= 0.3 is 21.6 Å². The lowest BCUT2D eigenvalue weighted by Crippen LogP contribution is -2.03. The smallest absolute Gasteiger partial charge is 0.367 e. The fourth-order valence-electron chi connectivity index (χ4n) is 0.502. The molecule has 0 aliphatic heterocycles. The fourth-order valence-corrected chi connectivity index (χ4v) is 2.53. The Morgan fingerprint density at radius 2 is 2.00 bits per heavy atom. The maximum atomic E-state index is 11.4. The van der Waals surface area contributed by atoms with Crippen molar-refractivity contribution in [2.75, 3.05) is 6.61 Å². The van der Waals surface area contributed by atoms with E-state index in [0.29, 0.717) is 6.08 Å². The van der Waals surface area contributed by atoms with Gasteiger partial charge in [-0.3, -0.25) is 4.52 Å². The highest BCUT2D eigenvalue weighted by atomic mass is 31.3. The van der Waals surface area contributed by atoms with Gasteiger partial charge in [0, 0.05) is 6.08 Å². The van der Waals surface area contributed by atoms with Crippen molar-refractivity contribution in [2.24, 2.45) is 0 Å². The van der Waals surface area contributed by atoms with Gasteiger partial charge in [0.05, 0.1) is 6.61 Å². The first kappa shape index (κ1) is 14.5. The second kappa shape index (κ2) is 5.55. The van der Waals surface area contributed by atoms with Crippen molar-refractivity contribution in [3.05, 3.63) is 12.7 Å². The van der Waals surface area contributed by atoms with E-state index in [9.17, 15) is 13.9 Å². The van der Waals surface area contributed by atoms with Gasteiger partial charge in [-0.1, -0.05) is 6.58 Å². The first-order valence-electron chi connectivity index (χ1n) is 3.60. The van der Waals surface area contributed by atoms with Crippen molar-refractivity contribution in [3.8, 4) is 0 Å². The van der Waals surface area contributed by atoms with Crippen LogP contribution in [0.1, 0.15) is 6.92 Å². The van der Waals surface area contributed by atoms with Crippen molar-refractivity contribution in [2.45, 2.75) is 6.92 Å². The zero-order valence-electron chi connectivity index (χ0n) is 7.73. The Kier molecular flexibility index (Phi) is 5.37. The molecule has 2 N–H and O–H groups in total. The molecule has 0 aromatic heterocycles. The molecule has 0 aliphatic carbocycles. The van der Waals surface area contributed by atoms with E-state index in [1.165, 1.54) is 6.92 Å². The van der Waals surface area contributed by atoms with Crippen LogP contribution in [0.4, 0.5) is 0 Å². The first-order chi connectivity index (χ1) is 6.72. The van der Waals surface area contributed by atoms with Gasteiger partial charge < -0.3 is 14.3 Å².